The summed E-state index contributed by atoms with van der Waals surface area (Å²) in [5, 5.41) is 9.59. The Labute approximate surface area is 123 Å². The smallest absolute Gasteiger partial charge is 0.236 e. The highest BCUT2D eigenvalue weighted by Gasteiger charge is 2.21. The zero-order valence-electron chi connectivity index (χ0n) is 12.0. The summed E-state index contributed by atoms with van der Waals surface area (Å²) in [6.45, 7) is 1.63. The number of rotatable bonds is 5. The fourth-order valence-corrected chi connectivity index (χ4v) is 2.42. The van der Waals surface area contributed by atoms with Gasteiger partial charge in [-0.05, 0) is 38.1 Å². The van der Waals surface area contributed by atoms with E-state index >= 15 is 0 Å². The summed E-state index contributed by atoms with van der Waals surface area (Å²) in [7, 11) is 1.65. The summed E-state index contributed by atoms with van der Waals surface area (Å²) in [6, 6.07) is 3.25. The van der Waals surface area contributed by atoms with Crippen molar-refractivity contribution < 1.29 is 19.1 Å². The van der Waals surface area contributed by atoms with E-state index in [4.69, 9.17) is 0 Å². The van der Waals surface area contributed by atoms with E-state index in [1.54, 1.807) is 16.8 Å². The highest BCUT2D eigenvalue weighted by Crippen LogP contribution is 2.18. The number of phenols is 1. The van der Waals surface area contributed by atoms with Crippen LogP contribution in [0.3, 0.4) is 0 Å². The van der Waals surface area contributed by atoms with Gasteiger partial charge in [-0.15, -0.1) is 0 Å². The third-order valence-corrected chi connectivity index (χ3v) is 3.54. The minimum Gasteiger partial charge on any atom is -0.507 e. The number of aromatic hydroxyl groups is 1. The van der Waals surface area contributed by atoms with Crippen LogP contribution in [0.1, 0.15) is 23.2 Å². The molecule has 1 aliphatic rings. The lowest BCUT2D eigenvalue weighted by atomic mass is 10.1. The minimum absolute atomic E-state index is 0.00809. The molecular formula is C15H19FN2O3. The zero-order valence-corrected chi connectivity index (χ0v) is 12.0. The maximum absolute atomic E-state index is 13.1. The average Bonchev–Trinajstić information content (AvgIpc) is 2.95. The fourth-order valence-electron chi connectivity index (χ4n) is 2.42. The number of benzene rings is 1. The Bertz CT molecular complexity index is 542. The molecule has 0 bridgehead atoms. The lowest BCUT2D eigenvalue weighted by Crippen LogP contribution is -2.39. The number of phenolic OH excluding ortho intramolecular Hbond substituents is 1. The van der Waals surface area contributed by atoms with E-state index in [0.29, 0.717) is 0 Å². The Morgan fingerprint density at radius 2 is 1.95 bits per heavy atom. The molecule has 1 aromatic carbocycles. The van der Waals surface area contributed by atoms with E-state index in [1.807, 2.05) is 0 Å². The van der Waals surface area contributed by atoms with Gasteiger partial charge >= 0.3 is 0 Å². The number of likely N-dealkylation sites (tertiary alicyclic amines) is 1. The molecule has 1 aliphatic heterocycles. The molecule has 1 amide bonds. The molecule has 1 fully saturated rings. The summed E-state index contributed by atoms with van der Waals surface area (Å²) < 4.78 is 13.1. The number of hydrogen-bond acceptors (Lipinski definition) is 4. The van der Waals surface area contributed by atoms with E-state index in [0.717, 1.165) is 44.1 Å². The fraction of sp³-hybridized carbons (Fsp3) is 0.467. The van der Waals surface area contributed by atoms with Crippen LogP contribution in [-0.4, -0.2) is 59.8 Å². The van der Waals surface area contributed by atoms with E-state index < -0.39 is 11.6 Å². The van der Waals surface area contributed by atoms with Crippen molar-refractivity contribution in [3.05, 3.63) is 29.6 Å². The third kappa shape index (κ3) is 4.01. The van der Waals surface area contributed by atoms with Gasteiger partial charge in [-0.1, -0.05) is 0 Å². The van der Waals surface area contributed by atoms with Crippen LogP contribution in [0.2, 0.25) is 0 Å². The quantitative estimate of drug-likeness (QED) is 0.831. The van der Waals surface area contributed by atoms with Crippen molar-refractivity contribution in [2.75, 3.05) is 33.2 Å². The van der Waals surface area contributed by atoms with Gasteiger partial charge in [0.1, 0.15) is 11.6 Å². The second-order valence-electron chi connectivity index (χ2n) is 5.34. The van der Waals surface area contributed by atoms with Crippen LogP contribution in [0.15, 0.2) is 18.2 Å². The van der Waals surface area contributed by atoms with Crippen molar-refractivity contribution in [1.82, 2.24) is 9.80 Å². The van der Waals surface area contributed by atoms with E-state index in [2.05, 4.69) is 0 Å². The first kappa shape index (κ1) is 15.4. The molecule has 6 heteroatoms. The number of hydrogen-bond donors (Lipinski definition) is 1. The molecule has 0 radical (unpaired) electrons. The molecule has 1 saturated heterocycles. The van der Waals surface area contributed by atoms with Crippen molar-refractivity contribution in [2.24, 2.45) is 0 Å². The normalized spacial score (nSPS) is 14.7. The summed E-state index contributed by atoms with van der Waals surface area (Å²) in [6.07, 6.45) is 2.04. The number of ketones is 1. The van der Waals surface area contributed by atoms with Gasteiger partial charge in [0.05, 0.1) is 18.7 Å². The predicted octanol–water partition coefficient (Wildman–Crippen LogP) is 1.27. The number of amides is 1. The molecule has 5 nitrogen and oxygen atoms in total. The van der Waals surface area contributed by atoms with Crippen LogP contribution in [0.25, 0.3) is 0 Å². The molecule has 0 aromatic heterocycles. The monoisotopic (exact) mass is 294 g/mol. The van der Waals surface area contributed by atoms with Gasteiger partial charge in [-0.2, -0.15) is 0 Å². The van der Waals surface area contributed by atoms with E-state index in [1.165, 1.54) is 0 Å². The van der Waals surface area contributed by atoms with Gasteiger partial charge in [-0.25, -0.2) is 4.39 Å². The van der Waals surface area contributed by atoms with Crippen LogP contribution in [-0.2, 0) is 4.79 Å². The van der Waals surface area contributed by atoms with Gasteiger partial charge in [0.2, 0.25) is 5.91 Å². The van der Waals surface area contributed by atoms with Crippen LogP contribution in [0.5, 0.6) is 5.75 Å². The van der Waals surface area contributed by atoms with Gasteiger partial charge in [0.25, 0.3) is 0 Å². The molecule has 0 spiro atoms. The van der Waals surface area contributed by atoms with E-state index in [9.17, 15) is 19.1 Å². The molecule has 2 rings (SSSR count). The number of Topliss-reactive ketones (excluding diaryl/α,β-unsaturated/α-hetero) is 1. The number of halogens is 1. The van der Waals surface area contributed by atoms with Crippen LogP contribution in [0, 0.1) is 5.82 Å². The third-order valence-electron chi connectivity index (χ3n) is 3.54. The maximum atomic E-state index is 13.1. The molecule has 1 N–H and O–H groups in total. The first-order valence-corrected chi connectivity index (χ1v) is 6.95. The number of likely N-dealkylation sites (N-methyl/N-ethyl adjacent to an activating group) is 1. The molecule has 0 aliphatic carbocycles. The Kier molecular flexibility index (Phi) is 4.90. The van der Waals surface area contributed by atoms with Gasteiger partial charge in [0, 0.05) is 13.1 Å². The highest BCUT2D eigenvalue weighted by molar-refractivity contribution is 6.00. The number of nitrogens with zero attached hydrogens (tertiary/aromatic N) is 2. The molecule has 0 atom stereocenters. The van der Waals surface area contributed by atoms with Crippen molar-refractivity contribution in [2.45, 2.75) is 12.8 Å². The largest absolute Gasteiger partial charge is 0.507 e. The van der Waals surface area contributed by atoms with Crippen LogP contribution < -0.4 is 0 Å². The summed E-state index contributed by atoms with van der Waals surface area (Å²) >= 11 is 0. The first-order valence-electron chi connectivity index (χ1n) is 6.95. The highest BCUT2D eigenvalue weighted by atomic mass is 19.1. The van der Waals surface area contributed by atoms with Gasteiger partial charge in [-0.3, -0.25) is 14.5 Å². The van der Waals surface area contributed by atoms with Gasteiger partial charge in [0.15, 0.2) is 5.78 Å². The Hall–Kier alpha value is -1.95. The van der Waals surface area contributed by atoms with Crippen molar-refractivity contribution in [3.63, 3.8) is 0 Å². The second-order valence-corrected chi connectivity index (χ2v) is 5.34. The average molecular weight is 294 g/mol. The molecule has 1 heterocycles. The standard InChI is InChI=1S/C15H19FN2O3/c1-17(10-15(21)18-6-2-3-7-18)9-14(20)12-8-11(16)4-5-13(12)19/h4-5,8,19H,2-3,6-7,9-10H2,1H3. The zero-order chi connectivity index (χ0) is 15.4. The molecule has 114 valence electrons. The van der Waals surface area contributed by atoms with Gasteiger partial charge < -0.3 is 10.0 Å². The minimum atomic E-state index is -0.577. The number of carbonyl (C=O) groups excluding carboxylic acids is 2. The Balaban J connectivity index is 1.92. The van der Waals surface area contributed by atoms with Crippen molar-refractivity contribution in [3.8, 4) is 5.75 Å². The Morgan fingerprint density at radius 3 is 2.62 bits per heavy atom. The summed E-state index contributed by atoms with van der Waals surface area (Å²) in [4.78, 5) is 27.4. The summed E-state index contributed by atoms with van der Waals surface area (Å²) in [5.41, 5.74) is -0.0597. The number of carbonyl (C=O) groups is 2. The van der Waals surface area contributed by atoms with Crippen molar-refractivity contribution in [1.29, 1.82) is 0 Å². The Morgan fingerprint density at radius 1 is 1.29 bits per heavy atom. The van der Waals surface area contributed by atoms with Crippen LogP contribution in [0.4, 0.5) is 4.39 Å². The predicted molar refractivity (Wildman–Crippen MR) is 75.7 cm³/mol. The SMILES string of the molecule is CN(CC(=O)c1cc(F)ccc1O)CC(=O)N1CCCC1. The van der Waals surface area contributed by atoms with Crippen molar-refractivity contribution >= 4 is 11.7 Å². The van der Waals surface area contributed by atoms with E-state index in [-0.39, 0.29) is 30.3 Å². The molecule has 1 aromatic rings. The summed E-state index contributed by atoms with van der Waals surface area (Å²) in [5.74, 6) is -1.25. The maximum Gasteiger partial charge on any atom is 0.236 e. The lowest BCUT2D eigenvalue weighted by molar-refractivity contribution is -0.130. The second kappa shape index (κ2) is 6.67. The molecule has 21 heavy (non-hydrogen) atoms. The van der Waals surface area contributed by atoms with Crippen LogP contribution >= 0.6 is 0 Å². The molecular weight excluding hydrogens is 275 g/mol. The first-order chi connectivity index (χ1) is 9.97. The lowest BCUT2D eigenvalue weighted by Gasteiger charge is -2.20. The molecule has 0 unspecified atom stereocenters. The topological polar surface area (TPSA) is 60.9 Å². The molecule has 0 saturated carbocycles.